The van der Waals surface area contributed by atoms with Crippen molar-refractivity contribution in [2.24, 2.45) is 27.2 Å². The number of methoxy groups -OCH3 is 1. The van der Waals surface area contributed by atoms with Gasteiger partial charge in [0.05, 0.1) is 13.2 Å². The molecule has 3 rings (SSSR count). The van der Waals surface area contributed by atoms with Crippen LogP contribution in [0.25, 0.3) is 0 Å². The fourth-order valence-electron chi connectivity index (χ4n) is 3.91. The quantitative estimate of drug-likeness (QED) is 0.0607. The van der Waals surface area contributed by atoms with Gasteiger partial charge in [-0.25, -0.2) is 9.79 Å². The minimum Gasteiger partial charge on any atom is -0.462 e. The number of esters is 1. The zero-order valence-corrected chi connectivity index (χ0v) is 28.9. The van der Waals surface area contributed by atoms with E-state index >= 15 is 0 Å². The summed E-state index contributed by atoms with van der Waals surface area (Å²) < 4.78 is 74.4. The normalized spacial score (nSPS) is 12.8. The zero-order chi connectivity index (χ0) is 37.0. The van der Waals surface area contributed by atoms with Gasteiger partial charge in [-0.15, -0.1) is 22.7 Å². The van der Waals surface area contributed by atoms with E-state index in [0.717, 1.165) is 51.4 Å². The number of nitrogens with zero attached hydrogens (tertiary/aromatic N) is 5. The maximum absolute atomic E-state index is 12.7. The standard InChI is InChI=1S/C14H18F3N5S.C12H21N5S.C3H3F3O2/c1-2-9(5-3-6-10-7-4-8-23-10)19-13-21-11(14(15,16)17)20-12(18)22-13;1-2-9(16-12(15)17-11(13)14)5-3-6-10-7-4-8-18-10;1-8-2(7)3(4,5)6/h4,7-9H,2-3,5-6H2,1H3,(H3,18,19,20,21,22);4,7-9H,2-3,5-6H2,1H3,(H6,13,14,15,16,17);1H3. The molecule has 0 fully saturated rings. The lowest BCUT2D eigenvalue weighted by atomic mass is 10.1. The lowest BCUT2D eigenvalue weighted by Gasteiger charge is -2.17. The summed E-state index contributed by atoms with van der Waals surface area (Å²) in [6.07, 6.45) is -1.95. The van der Waals surface area contributed by atoms with Crippen molar-refractivity contribution in [3.63, 3.8) is 0 Å². The van der Waals surface area contributed by atoms with Crippen LogP contribution in [-0.2, 0) is 28.5 Å². The number of aromatic nitrogens is 3. The Morgan fingerprint density at radius 3 is 1.90 bits per heavy atom. The van der Waals surface area contributed by atoms with Crippen LogP contribution in [0.5, 0.6) is 0 Å². The van der Waals surface area contributed by atoms with E-state index in [4.69, 9.17) is 22.9 Å². The Bertz CT molecular complexity index is 1420. The van der Waals surface area contributed by atoms with Gasteiger partial charge in [-0.1, -0.05) is 26.0 Å². The molecule has 0 bridgehead atoms. The number of hydrogen-bond donors (Lipinski definition) is 5. The molecule has 0 aromatic carbocycles. The number of nitrogens with one attached hydrogen (secondary N) is 1. The third-order valence-electron chi connectivity index (χ3n) is 6.28. The summed E-state index contributed by atoms with van der Waals surface area (Å²) in [5.41, 5.74) is 21.4. The number of nitrogen functional groups attached to an aromatic ring is 1. The minimum atomic E-state index is -4.85. The maximum Gasteiger partial charge on any atom is 0.490 e. The molecule has 0 aliphatic carbocycles. The number of guanidine groups is 2. The highest BCUT2D eigenvalue weighted by Crippen LogP contribution is 2.27. The van der Waals surface area contributed by atoms with E-state index in [1.54, 1.807) is 22.7 Å². The second-order valence-corrected chi connectivity index (χ2v) is 12.2. The van der Waals surface area contributed by atoms with Crippen LogP contribution in [0.4, 0.5) is 38.2 Å². The molecule has 3 aromatic rings. The van der Waals surface area contributed by atoms with Crippen LogP contribution in [0.15, 0.2) is 45.0 Å². The Balaban J connectivity index is 0.000000410. The Kier molecular flexibility index (Phi) is 19.0. The van der Waals surface area contributed by atoms with Crippen LogP contribution in [0.3, 0.4) is 0 Å². The molecule has 0 spiro atoms. The molecule has 0 amide bonds. The fraction of sp³-hybridized carbons (Fsp3) is 0.517. The number of anilines is 2. The molecule has 2 atom stereocenters. The molecule has 0 aliphatic heterocycles. The highest BCUT2D eigenvalue weighted by Gasteiger charge is 2.40. The topological polar surface area (TPSA) is 206 Å². The number of ether oxygens (including phenoxy) is 1. The molecule has 274 valence electrons. The van der Waals surface area contributed by atoms with Gasteiger partial charge in [-0.3, -0.25) is 0 Å². The summed E-state index contributed by atoms with van der Waals surface area (Å²) in [5, 5.41) is 7.05. The molecular weight excluding hydrogens is 699 g/mol. The van der Waals surface area contributed by atoms with Gasteiger partial charge in [-0.2, -0.15) is 46.3 Å². The molecule has 3 heterocycles. The van der Waals surface area contributed by atoms with Crippen LogP contribution in [-0.4, -0.2) is 58.2 Å². The van der Waals surface area contributed by atoms with Crippen molar-refractivity contribution in [1.29, 1.82) is 0 Å². The van der Waals surface area contributed by atoms with Crippen LogP contribution in [0.2, 0.25) is 0 Å². The largest absolute Gasteiger partial charge is 0.490 e. The van der Waals surface area contributed by atoms with E-state index in [-0.39, 0.29) is 30.0 Å². The Hall–Kier alpha value is -4.20. The van der Waals surface area contributed by atoms with Gasteiger partial charge in [0.15, 0.2) is 5.96 Å². The van der Waals surface area contributed by atoms with Gasteiger partial charge in [0.1, 0.15) is 0 Å². The van der Waals surface area contributed by atoms with Crippen molar-refractivity contribution in [1.82, 2.24) is 15.0 Å². The number of hydrogen-bond acceptors (Lipinski definition) is 10. The van der Waals surface area contributed by atoms with E-state index in [0.29, 0.717) is 7.11 Å². The van der Waals surface area contributed by atoms with Crippen molar-refractivity contribution in [3.05, 3.63) is 50.6 Å². The highest BCUT2D eigenvalue weighted by molar-refractivity contribution is 7.10. The second kappa shape index (κ2) is 21.7. The van der Waals surface area contributed by atoms with Gasteiger partial charge >= 0.3 is 18.3 Å². The average molecular weight is 741 g/mol. The summed E-state index contributed by atoms with van der Waals surface area (Å²) >= 11 is 3.49. The van der Waals surface area contributed by atoms with Crippen molar-refractivity contribution in [3.8, 4) is 0 Å². The number of carbonyl (C=O) groups is 1. The van der Waals surface area contributed by atoms with Gasteiger partial charge in [0.2, 0.25) is 23.7 Å². The lowest BCUT2D eigenvalue weighted by molar-refractivity contribution is -0.196. The van der Waals surface area contributed by atoms with Crippen molar-refractivity contribution in [2.45, 2.75) is 89.7 Å². The van der Waals surface area contributed by atoms with Gasteiger partial charge in [-0.05, 0) is 74.3 Å². The summed E-state index contributed by atoms with van der Waals surface area (Å²) in [6.45, 7) is 4.04. The van der Waals surface area contributed by atoms with Gasteiger partial charge in [0, 0.05) is 15.8 Å². The molecule has 9 N–H and O–H groups in total. The predicted octanol–water partition coefficient (Wildman–Crippen LogP) is 5.91. The summed E-state index contributed by atoms with van der Waals surface area (Å²) in [4.78, 5) is 30.5. The molecule has 49 heavy (non-hydrogen) atoms. The Labute approximate surface area is 288 Å². The van der Waals surface area contributed by atoms with E-state index in [2.05, 4.69) is 65.5 Å². The van der Waals surface area contributed by atoms with E-state index in [9.17, 15) is 31.1 Å². The monoisotopic (exact) mass is 740 g/mol. The zero-order valence-electron chi connectivity index (χ0n) is 27.2. The SMILES string of the molecule is CCC(CCCc1cccs1)N=C(N)N=C(N)N.CCC(CCCc1cccs1)Nc1nc(N)nc(C(F)(F)F)n1.COC(=O)C(F)(F)F. The molecular formula is C29H42F6N10O2S2. The second-order valence-electron chi connectivity index (χ2n) is 10.1. The van der Waals surface area contributed by atoms with E-state index in [1.165, 1.54) is 9.75 Å². The third kappa shape index (κ3) is 18.8. The number of carbonyl (C=O) groups excluding carboxylic acids is 1. The number of halogens is 6. The number of aryl methyl sites for hydroxylation is 2. The molecule has 0 radical (unpaired) electrons. The number of aliphatic imine (C=N–C) groups is 2. The highest BCUT2D eigenvalue weighted by atomic mass is 32.1. The van der Waals surface area contributed by atoms with Crippen LogP contribution >= 0.6 is 22.7 Å². The van der Waals surface area contributed by atoms with Crippen LogP contribution in [0, 0.1) is 0 Å². The Morgan fingerprint density at radius 1 is 0.918 bits per heavy atom. The van der Waals surface area contributed by atoms with Gasteiger partial charge in [0.25, 0.3) is 0 Å². The van der Waals surface area contributed by atoms with Crippen LogP contribution in [0.1, 0.15) is 68.0 Å². The number of thiophene rings is 2. The first kappa shape index (κ1) is 42.8. The first-order chi connectivity index (χ1) is 23.0. The first-order valence-corrected chi connectivity index (χ1v) is 16.7. The average Bonchev–Trinajstić information content (AvgIpc) is 3.74. The van der Waals surface area contributed by atoms with E-state index in [1.807, 2.05) is 18.4 Å². The summed E-state index contributed by atoms with van der Waals surface area (Å²) in [5.74, 6) is -3.91. The predicted molar refractivity (Wildman–Crippen MR) is 181 cm³/mol. The third-order valence-corrected chi connectivity index (χ3v) is 8.15. The van der Waals surface area contributed by atoms with Crippen molar-refractivity contribution < 1.29 is 35.9 Å². The number of rotatable bonds is 13. The van der Waals surface area contributed by atoms with Gasteiger partial charge < -0.3 is 33.0 Å². The molecule has 0 saturated carbocycles. The van der Waals surface area contributed by atoms with Crippen molar-refractivity contribution >= 4 is 52.5 Å². The lowest BCUT2D eigenvalue weighted by Crippen LogP contribution is -2.27. The Morgan fingerprint density at radius 2 is 1.49 bits per heavy atom. The smallest absolute Gasteiger partial charge is 0.462 e. The first-order valence-electron chi connectivity index (χ1n) is 15.0. The van der Waals surface area contributed by atoms with Crippen LogP contribution < -0.4 is 28.3 Å². The maximum atomic E-state index is 12.7. The molecule has 2 unspecified atom stereocenters. The minimum absolute atomic E-state index is 0.0159. The molecule has 12 nitrogen and oxygen atoms in total. The molecule has 0 aliphatic rings. The van der Waals surface area contributed by atoms with E-state index < -0.39 is 30.1 Å². The van der Waals surface area contributed by atoms with Crippen molar-refractivity contribution in [2.75, 3.05) is 18.2 Å². The molecule has 3 aromatic heterocycles. The summed E-state index contributed by atoms with van der Waals surface area (Å²) in [6, 6.07) is 8.48. The molecule has 0 saturated heterocycles. The molecule has 20 heteroatoms. The fourth-order valence-corrected chi connectivity index (χ4v) is 5.42. The number of alkyl halides is 6. The summed E-state index contributed by atoms with van der Waals surface area (Å²) in [7, 11) is 0.676. The number of nitrogens with two attached hydrogens (primary N) is 4.